The molecule has 0 spiro atoms. The predicted molar refractivity (Wildman–Crippen MR) is 105 cm³/mol. The Kier molecular flexibility index (Phi) is 4.65. The first-order chi connectivity index (χ1) is 13.3. The van der Waals surface area contributed by atoms with E-state index in [-0.39, 0.29) is 22.9 Å². The van der Waals surface area contributed by atoms with E-state index in [9.17, 15) is 19.8 Å². The molecule has 0 amide bonds. The van der Waals surface area contributed by atoms with Gasteiger partial charge in [-0.1, -0.05) is 13.8 Å². The van der Waals surface area contributed by atoms with Gasteiger partial charge in [0.1, 0.15) is 11.4 Å². The van der Waals surface area contributed by atoms with Gasteiger partial charge in [0, 0.05) is 36.3 Å². The maximum Gasteiger partial charge on any atom is 0.341 e. The topological polar surface area (TPSA) is 82.8 Å². The molecule has 7 heteroatoms. The second-order valence-electron chi connectivity index (χ2n) is 8.03. The molecule has 4 rings (SSSR count). The molecule has 1 saturated carbocycles. The summed E-state index contributed by atoms with van der Waals surface area (Å²) in [4.78, 5) is 26.3. The third-order valence-electron chi connectivity index (χ3n) is 6.04. The number of pyridine rings is 1. The van der Waals surface area contributed by atoms with E-state index >= 15 is 4.39 Å². The molecule has 2 atom stereocenters. The van der Waals surface area contributed by atoms with Crippen LogP contribution in [0.25, 0.3) is 10.9 Å². The van der Waals surface area contributed by atoms with Gasteiger partial charge >= 0.3 is 5.97 Å². The molecule has 28 heavy (non-hydrogen) atoms. The Morgan fingerprint density at radius 2 is 2.04 bits per heavy atom. The van der Waals surface area contributed by atoms with Crippen molar-refractivity contribution in [3.8, 4) is 0 Å². The number of aromatic nitrogens is 1. The largest absolute Gasteiger partial charge is 0.477 e. The average molecular weight is 388 g/mol. The molecule has 1 aromatic heterocycles. The molecule has 2 heterocycles. The van der Waals surface area contributed by atoms with Crippen LogP contribution in [-0.2, 0) is 6.42 Å². The van der Waals surface area contributed by atoms with Crippen molar-refractivity contribution >= 4 is 22.6 Å². The van der Waals surface area contributed by atoms with E-state index in [2.05, 4.69) is 0 Å². The molecule has 2 aromatic rings. The van der Waals surface area contributed by atoms with Gasteiger partial charge in [-0.2, -0.15) is 0 Å². The lowest BCUT2D eigenvalue weighted by Gasteiger charge is -2.37. The molecule has 0 unspecified atom stereocenters. The number of carboxylic acids is 1. The molecule has 6 nitrogen and oxygen atoms in total. The Hall–Kier alpha value is -2.41. The van der Waals surface area contributed by atoms with Crippen molar-refractivity contribution in [2.45, 2.75) is 51.7 Å². The van der Waals surface area contributed by atoms with Crippen molar-refractivity contribution in [3.05, 3.63) is 39.4 Å². The Morgan fingerprint density at radius 1 is 1.32 bits per heavy atom. The summed E-state index contributed by atoms with van der Waals surface area (Å²) in [6, 6.07) is 1.35. The minimum atomic E-state index is -1.29. The summed E-state index contributed by atoms with van der Waals surface area (Å²) in [5.74, 6) is -1.77. The van der Waals surface area contributed by atoms with Crippen LogP contribution in [-0.4, -0.2) is 39.9 Å². The molecule has 1 aliphatic heterocycles. The second-order valence-corrected chi connectivity index (χ2v) is 8.03. The van der Waals surface area contributed by atoms with Gasteiger partial charge in [-0.3, -0.25) is 4.79 Å². The quantitative estimate of drug-likeness (QED) is 0.842. The summed E-state index contributed by atoms with van der Waals surface area (Å²) >= 11 is 0. The highest BCUT2D eigenvalue weighted by molar-refractivity contribution is 5.95. The fourth-order valence-electron chi connectivity index (χ4n) is 4.36. The van der Waals surface area contributed by atoms with Gasteiger partial charge in [-0.05, 0) is 37.7 Å². The smallest absolute Gasteiger partial charge is 0.341 e. The van der Waals surface area contributed by atoms with Crippen LogP contribution >= 0.6 is 0 Å². The van der Waals surface area contributed by atoms with Crippen molar-refractivity contribution in [2.75, 3.05) is 18.0 Å². The number of piperidine rings is 1. The van der Waals surface area contributed by atoms with Gasteiger partial charge in [0.05, 0.1) is 17.3 Å². The van der Waals surface area contributed by atoms with Crippen molar-refractivity contribution in [1.82, 2.24) is 4.57 Å². The number of carboxylic acid groups (broad SMARTS) is 1. The lowest BCUT2D eigenvalue weighted by molar-refractivity contribution is 0.0694. The van der Waals surface area contributed by atoms with E-state index in [1.54, 1.807) is 0 Å². The second kappa shape index (κ2) is 6.88. The molecule has 1 aliphatic carbocycles. The van der Waals surface area contributed by atoms with Crippen molar-refractivity contribution in [1.29, 1.82) is 0 Å². The summed E-state index contributed by atoms with van der Waals surface area (Å²) in [7, 11) is 0. The van der Waals surface area contributed by atoms with Gasteiger partial charge in [0.2, 0.25) is 5.43 Å². The molecular formula is C21H25FN2O4. The van der Waals surface area contributed by atoms with Crippen LogP contribution in [0.2, 0.25) is 0 Å². The number of benzene rings is 1. The summed E-state index contributed by atoms with van der Waals surface area (Å²) < 4.78 is 17.1. The van der Waals surface area contributed by atoms with E-state index in [0.717, 1.165) is 18.4 Å². The highest BCUT2D eigenvalue weighted by Gasteiger charge is 2.32. The van der Waals surface area contributed by atoms with Crippen LogP contribution in [0.1, 0.15) is 55.1 Å². The van der Waals surface area contributed by atoms with Gasteiger partial charge in [-0.25, -0.2) is 9.18 Å². The van der Waals surface area contributed by atoms with E-state index in [1.807, 2.05) is 23.3 Å². The fraction of sp³-hybridized carbons (Fsp3) is 0.524. The standard InChI is InChI=1S/C21H25FN2O4/c1-3-13-18-14(20(26)15(21(27)28)10-24(18)12-4-5-12)8-16(22)19(13)23-7-6-17(25)11(2)9-23/h8,10-12,17,25H,3-7,9H2,1-2H3,(H,27,28)/t11-,17-/m0/s1. The molecular weight excluding hydrogens is 363 g/mol. The lowest BCUT2D eigenvalue weighted by atomic mass is 9.94. The minimum absolute atomic E-state index is 0.0218. The van der Waals surface area contributed by atoms with Gasteiger partial charge in [0.25, 0.3) is 0 Å². The number of hydrogen-bond donors (Lipinski definition) is 2. The number of nitrogens with zero attached hydrogens (tertiary/aromatic N) is 2. The molecule has 0 bridgehead atoms. The number of carbonyl (C=O) groups is 1. The Labute approximate surface area is 162 Å². The molecule has 2 N–H and O–H groups in total. The summed E-state index contributed by atoms with van der Waals surface area (Å²) in [5, 5.41) is 19.6. The van der Waals surface area contributed by atoms with Gasteiger partial charge < -0.3 is 19.7 Å². The maximum absolute atomic E-state index is 15.2. The number of aromatic carboxylic acids is 1. The summed E-state index contributed by atoms with van der Waals surface area (Å²) in [6.07, 6.45) is 3.95. The Balaban J connectivity index is 1.99. The van der Waals surface area contributed by atoms with Crippen LogP contribution in [0.15, 0.2) is 17.1 Å². The normalized spacial score (nSPS) is 22.6. The van der Waals surface area contributed by atoms with Crippen molar-refractivity contribution < 1.29 is 19.4 Å². The third-order valence-corrected chi connectivity index (χ3v) is 6.04. The molecule has 150 valence electrons. The minimum Gasteiger partial charge on any atom is -0.477 e. The third kappa shape index (κ3) is 2.98. The van der Waals surface area contributed by atoms with Crippen molar-refractivity contribution in [3.63, 3.8) is 0 Å². The number of aliphatic hydroxyl groups excluding tert-OH is 1. The van der Waals surface area contributed by atoms with Gasteiger partial charge in [-0.15, -0.1) is 0 Å². The first-order valence-corrected chi connectivity index (χ1v) is 9.90. The van der Waals surface area contributed by atoms with Crippen LogP contribution in [0.3, 0.4) is 0 Å². The highest BCUT2D eigenvalue weighted by Crippen LogP contribution is 2.41. The monoisotopic (exact) mass is 388 g/mol. The van der Waals surface area contributed by atoms with Gasteiger partial charge in [0.15, 0.2) is 0 Å². The van der Waals surface area contributed by atoms with E-state index in [0.29, 0.717) is 37.1 Å². The molecule has 1 saturated heterocycles. The summed E-state index contributed by atoms with van der Waals surface area (Å²) in [6.45, 7) is 4.95. The number of aliphatic hydroxyl groups is 1. The number of aryl methyl sites for hydroxylation is 1. The number of fused-ring (bicyclic) bond motifs is 1. The number of rotatable bonds is 4. The lowest BCUT2D eigenvalue weighted by Crippen LogP contribution is -2.42. The fourth-order valence-corrected chi connectivity index (χ4v) is 4.36. The van der Waals surface area contributed by atoms with E-state index < -0.39 is 23.3 Å². The SMILES string of the molecule is CCc1c(N2CC[C@H](O)[C@@H](C)C2)c(F)cc2c(=O)c(C(=O)O)cn(C3CC3)c12. The summed E-state index contributed by atoms with van der Waals surface area (Å²) in [5.41, 5.74) is 0.908. The first-order valence-electron chi connectivity index (χ1n) is 9.90. The zero-order chi connectivity index (χ0) is 20.2. The number of anilines is 1. The molecule has 1 aromatic carbocycles. The zero-order valence-electron chi connectivity index (χ0n) is 16.1. The Bertz CT molecular complexity index is 1010. The van der Waals surface area contributed by atoms with E-state index in [4.69, 9.17) is 0 Å². The molecule has 0 radical (unpaired) electrons. The average Bonchev–Trinajstić information content (AvgIpc) is 3.48. The predicted octanol–water partition coefficient (Wildman–Crippen LogP) is 2.94. The van der Waals surface area contributed by atoms with Crippen molar-refractivity contribution in [2.24, 2.45) is 5.92 Å². The van der Waals surface area contributed by atoms with Crippen LogP contribution in [0.5, 0.6) is 0 Å². The first kappa shape index (κ1) is 18.9. The van der Waals surface area contributed by atoms with Crippen LogP contribution in [0.4, 0.5) is 10.1 Å². The Morgan fingerprint density at radius 3 is 2.61 bits per heavy atom. The van der Waals surface area contributed by atoms with Crippen LogP contribution in [0, 0.1) is 11.7 Å². The van der Waals surface area contributed by atoms with E-state index in [1.165, 1.54) is 12.3 Å². The maximum atomic E-state index is 15.2. The van der Waals surface area contributed by atoms with Crippen LogP contribution < -0.4 is 10.3 Å². The molecule has 2 aliphatic rings. The number of halogens is 1. The highest BCUT2D eigenvalue weighted by atomic mass is 19.1. The zero-order valence-corrected chi connectivity index (χ0v) is 16.1. The number of hydrogen-bond acceptors (Lipinski definition) is 4. The molecule has 2 fully saturated rings.